The van der Waals surface area contributed by atoms with Gasteiger partial charge in [0.1, 0.15) is 33.6 Å². The van der Waals surface area contributed by atoms with E-state index in [9.17, 15) is 28.2 Å². The van der Waals surface area contributed by atoms with Crippen molar-refractivity contribution in [1.29, 1.82) is 0 Å². The lowest BCUT2D eigenvalue weighted by Gasteiger charge is -2.36. The van der Waals surface area contributed by atoms with Crippen LogP contribution in [0.2, 0.25) is 5.15 Å². The molecule has 4 aromatic carbocycles. The summed E-state index contributed by atoms with van der Waals surface area (Å²) in [4.78, 5) is 36.0. The van der Waals surface area contributed by atoms with Gasteiger partial charge in [0.15, 0.2) is 16.4 Å². The molecule has 0 saturated carbocycles. The fraction of sp³-hybridized carbons (Fsp3) is 0.204. The fourth-order valence-electron chi connectivity index (χ4n) is 8.78. The van der Waals surface area contributed by atoms with E-state index in [-0.39, 0.29) is 63.0 Å². The van der Waals surface area contributed by atoms with E-state index >= 15 is 0 Å². The van der Waals surface area contributed by atoms with Crippen molar-refractivity contribution in [2.24, 2.45) is 0 Å². The minimum absolute atomic E-state index is 0.0758. The Labute approximate surface area is 405 Å². The number of aryl methyl sites for hydroxylation is 3. The molecule has 4 aromatic heterocycles. The number of rotatable bonds is 15. The minimum atomic E-state index is -4.18. The zero-order valence-corrected chi connectivity index (χ0v) is 39.3. The van der Waals surface area contributed by atoms with E-state index < -0.39 is 27.5 Å². The number of esters is 1. The normalized spacial score (nSPS) is 13.3. The number of phenolic OH excluding ortho intramolecular Hbond substituents is 2. The number of aromatic hydroxyl groups is 2. The summed E-state index contributed by atoms with van der Waals surface area (Å²) in [6, 6.07) is 24.0. The molecule has 2 aliphatic heterocycles. The van der Waals surface area contributed by atoms with E-state index in [1.807, 2.05) is 26.0 Å². The van der Waals surface area contributed by atoms with Crippen molar-refractivity contribution >= 4 is 44.8 Å². The number of methoxy groups -OCH3 is 1. The number of fused-ring (bicyclic) bond motifs is 7. The number of amides is 1. The maximum atomic E-state index is 13.9. The number of aromatic nitrogens is 7. The van der Waals surface area contributed by atoms with Gasteiger partial charge in [0, 0.05) is 83.7 Å². The van der Waals surface area contributed by atoms with Crippen LogP contribution in [0.4, 0.5) is 5.69 Å². The second kappa shape index (κ2) is 18.1. The van der Waals surface area contributed by atoms with Crippen LogP contribution in [0.15, 0.2) is 108 Å². The van der Waals surface area contributed by atoms with Crippen LogP contribution in [0.5, 0.6) is 28.7 Å². The first-order chi connectivity index (χ1) is 33.7. The number of halogens is 1. The second-order valence-electron chi connectivity index (χ2n) is 16.6. The highest BCUT2D eigenvalue weighted by Crippen LogP contribution is 2.57. The molecule has 8 aromatic rings. The summed E-state index contributed by atoms with van der Waals surface area (Å²) in [6.07, 6.45) is 4.63. The summed E-state index contributed by atoms with van der Waals surface area (Å²) in [7, 11) is -2.80. The molecular formula is C49H43ClN10O9S. The van der Waals surface area contributed by atoms with Crippen molar-refractivity contribution < 1.29 is 42.4 Å². The molecule has 21 heteroatoms. The van der Waals surface area contributed by atoms with Gasteiger partial charge in [0.25, 0.3) is 5.91 Å². The monoisotopic (exact) mass is 982 g/mol. The lowest BCUT2D eigenvalue weighted by Crippen LogP contribution is -2.33. The molecular weight excluding hydrogens is 940 g/mol. The van der Waals surface area contributed by atoms with Gasteiger partial charge in [-0.05, 0) is 98.1 Å². The molecule has 70 heavy (non-hydrogen) atoms. The standard InChI is InChI=1S/C49H43ClN10O9S/c1-4-31-18-28(14-16-51-31)24-53-39-23-44(50)57-60-45(27(2)55-46(39)60)29-7-13-40(67-3)43(20-29)70(65,66)54-25-32-26-59(58-56-32)17-5-15-52-47(63)30-6-10-35-38(19-30)49(69-48(35)64)36-11-8-33(61)21-41(36)68-42-22-34(62)9-12-37(42)49/h6-14,16,18-23,26,53-54,61-62H,4-5,15,17,24-25H2,1-3H3,(H,52,63). The molecule has 0 radical (unpaired) electrons. The number of pyridine rings is 1. The number of hydrogen-bond acceptors (Lipinski definition) is 15. The quantitative estimate of drug-likeness (QED) is 0.0523. The number of hydrogen-bond donors (Lipinski definition) is 5. The Morgan fingerprint density at radius 3 is 2.43 bits per heavy atom. The third kappa shape index (κ3) is 8.34. The summed E-state index contributed by atoms with van der Waals surface area (Å²) in [5.74, 6) is -0.609. The highest BCUT2D eigenvalue weighted by molar-refractivity contribution is 7.89. The maximum absolute atomic E-state index is 13.9. The van der Waals surface area contributed by atoms with Gasteiger partial charge in [-0.2, -0.15) is 5.10 Å². The SMILES string of the molecule is CCc1cc(CNc2cc(Cl)nn3c(-c4ccc(OC)c(S(=O)(=O)NCc5cn(CCCNC(=O)c6ccc7c(c6)C6(OC7=O)c7ccc(O)cc7Oc7cc(O)ccc76)nn5)c4)c(C)nc23)ccn1. The Hall–Kier alpha value is -8.07. The molecule has 0 fully saturated rings. The van der Waals surface area contributed by atoms with Crippen LogP contribution in [-0.2, 0) is 46.4 Å². The number of ether oxygens (including phenoxy) is 3. The molecule has 1 spiro atoms. The summed E-state index contributed by atoms with van der Waals surface area (Å²) in [5, 5.41) is 39.8. The van der Waals surface area contributed by atoms with Gasteiger partial charge in [0.2, 0.25) is 10.0 Å². The first-order valence-electron chi connectivity index (χ1n) is 22.1. The number of anilines is 1. The number of carbonyl (C=O) groups excluding carboxylic acids is 2. The number of carbonyl (C=O) groups is 2. The molecule has 0 bridgehead atoms. The van der Waals surface area contributed by atoms with Gasteiger partial charge in [-0.1, -0.05) is 23.7 Å². The number of imidazole rings is 1. The Kier molecular flexibility index (Phi) is 11.8. The number of benzene rings is 4. The Morgan fingerprint density at radius 2 is 1.69 bits per heavy atom. The molecule has 0 atom stereocenters. The summed E-state index contributed by atoms with van der Waals surface area (Å²) in [5.41, 5.74) is 5.43. The molecule has 10 rings (SSSR count). The van der Waals surface area contributed by atoms with Crippen molar-refractivity contribution in [2.75, 3.05) is 19.0 Å². The van der Waals surface area contributed by atoms with Crippen molar-refractivity contribution in [3.63, 3.8) is 0 Å². The molecule has 6 heterocycles. The average molecular weight is 983 g/mol. The van der Waals surface area contributed by atoms with Gasteiger partial charge in [-0.3, -0.25) is 14.5 Å². The van der Waals surface area contributed by atoms with Crippen LogP contribution in [0.25, 0.3) is 16.9 Å². The number of nitrogens with one attached hydrogen (secondary N) is 3. The molecule has 1 amide bonds. The fourth-order valence-corrected chi connectivity index (χ4v) is 10.2. The topological polar surface area (TPSA) is 246 Å². The Morgan fingerprint density at radius 1 is 0.914 bits per heavy atom. The first kappa shape index (κ1) is 45.7. The highest BCUT2D eigenvalue weighted by Gasteiger charge is 2.54. The van der Waals surface area contributed by atoms with E-state index in [4.69, 9.17) is 30.8 Å². The predicted molar refractivity (Wildman–Crippen MR) is 255 cm³/mol. The third-order valence-electron chi connectivity index (χ3n) is 12.1. The Balaban J connectivity index is 0.793. The molecule has 0 aliphatic carbocycles. The van der Waals surface area contributed by atoms with E-state index in [0.29, 0.717) is 70.2 Å². The maximum Gasteiger partial charge on any atom is 0.340 e. The van der Waals surface area contributed by atoms with E-state index in [0.717, 1.165) is 17.7 Å². The van der Waals surface area contributed by atoms with Crippen LogP contribution in [0.3, 0.4) is 0 Å². The van der Waals surface area contributed by atoms with Crippen LogP contribution < -0.4 is 24.8 Å². The van der Waals surface area contributed by atoms with Gasteiger partial charge in [-0.15, -0.1) is 5.10 Å². The minimum Gasteiger partial charge on any atom is -0.508 e. The number of nitrogens with zero attached hydrogens (tertiary/aromatic N) is 7. The third-order valence-corrected chi connectivity index (χ3v) is 13.7. The smallest absolute Gasteiger partial charge is 0.340 e. The highest BCUT2D eigenvalue weighted by atomic mass is 35.5. The van der Waals surface area contributed by atoms with Crippen LogP contribution in [-0.4, -0.2) is 78.7 Å². The lowest BCUT2D eigenvalue weighted by molar-refractivity contribution is 0.0224. The molecule has 0 saturated heterocycles. The molecule has 0 unspecified atom stereocenters. The average Bonchev–Trinajstić information content (AvgIpc) is 4.04. The van der Waals surface area contributed by atoms with Crippen molar-refractivity contribution in [3.8, 4) is 40.0 Å². The lowest BCUT2D eigenvalue weighted by atomic mass is 9.77. The molecule has 356 valence electrons. The summed E-state index contributed by atoms with van der Waals surface area (Å²) >= 11 is 6.53. The summed E-state index contributed by atoms with van der Waals surface area (Å²) in [6.45, 7) is 4.75. The Bertz CT molecular complexity index is 3470. The van der Waals surface area contributed by atoms with Gasteiger partial charge in [0.05, 0.1) is 42.0 Å². The summed E-state index contributed by atoms with van der Waals surface area (Å²) < 4.78 is 51.2. The van der Waals surface area contributed by atoms with E-state index in [1.54, 1.807) is 58.0 Å². The second-order valence-corrected chi connectivity index (χ2v) is 18.7. The molecule has 19 nitrogen and oxygen atoms in total. The predicted octanol–water partition coefficient (Wildman–Crippen LogP) is 6.81. The molecule has 5 N–H and O–H groups in total. The zero-order valence-electron chi connectivity index (χ0n) is 37.7. The van der Waals surface area contributed by atoms with Crippen molar-refractivity contribution in [1.82, 2.24) is 44.6 Å². The van der Waals surface area contributed by atoms with Crippen molar-refractivity contribution in [2.45, 2.75) is 56.8 Å². The van der Waals surface area contributed by atoms with Gasteiger partial charge >= 0.3 is 5.97 Å². The first-order valence-corrected chi connectivity index (χ1v) is 23.9. The van der Waals surface area contributed by atoms with Gasteiger partial charge in [-0.25, -0.2) is 27.4 Å². The molecule has 2 aliphatic rings. The van der Waals surface area contributed by atoms with E-state index in [1.165, 1.54) is 49.6 Å². The van der Waals surface area contributed by atoms with Crippen LogP contribution in [0.1, 0.15) is 73.4 Å². The van der Waals surface area contributed by atoms with Gasteiger partial charge < -0.3 is 35.1 Å². The van der Waals surface area contributed by atoms with Crippen molar-refractivity contribution in [3.05, 3.63) is 159 Å². The number of sulfonamides is 1. The largest absolute Gasteiger partial charge is 0.508 e. The zero-order chi connectivity index (χ0) is 48.9. The number of phenols is 2. The van der Waals surface area contributed by atoms with Crippen LogP contribution in [0, 0.1) is 6.92 Å². The van der Waals surface area contributed by atoms with E-state index in [2.05, 4.69) is 35.8 Å². The van der Waals surface area contributed by atoms with Crippen LogP contribution >= 0.6 is 11.6 Å².